The molecule has 0 saturated heterocycles. The summed E-state index contributed by atoms with van der Waals surface area (Å²) in [6.07, 6.45) is 1.07. The van der Waals surface area contributed by atoms with E-state index in [2.05, 4.69) is 12.2 Å². The Labute approximate surface area is 77.9 Å². The van der Waals surface area contributed by atoms with Crippen molar-refractivity contribution in [3.05, 3.63) is 18.2 Å². The highest BCUT2D eigenvalue weighted by Crippen LogP contribution is 2.31. The van der Waals surface area contributed by atoms with E-state index in [9.17, 15) is 0 Å². The van der Waals surface area contributed by atoms with Gasteiger partial charge in [0.15, 0.2) is 0 Å². The zero-order chi connectivity index (χ0) is 9.26. The molecule has 0 fully saturated rings. The molecule has 1 aromatic rings. The number of nitrogens with two attached hydrogens (primary N) is 1. The van der Waals surface area contributed by atoms with Crippen LogP contribution in [-0.2, 0) is 0 Å². The summed E-state index contributed by atoms with van der Waals surface area (Å²) in [4.78, 5) is 0. The Morgan fingerprint density at radius 1 is 1.62 bits per heavy atom. The lowest BCUT2D eigenvalue weighted by Gasteiger charge is -2.26. The van der Waals surface area contributed by atoms with E-state index < -0.39 is 0 Å². The Morgan fingerprint density at radius 2 is 2.46 bits per heavy atom. The average molecular weight is 178 g/mol. The Bertz CT molecular complexity index is 312. The number of benzene rings is 1. The minimum atomic E-state index is 0.427. The summed E-state index contributed by atoms with van der Waals surface area (Å²) >= 11 is 0. The second-order valence-corrected chi connectivity index (χ2v) is 3.32. The van der Waals surface area contributed by atoms with Crippen molar-refractivity contribution < 1.29 is 4.74 Å². The van der Waals surface area contributed by atoms with Gasteiger partial charge in [0.05, 0.1) is 11.7 Å². The van der Waals surface area contributed by atoms with Crippen molar-refractivity contribution in [2.75, 3.05) is 17.7 Å². The van der Waals surface area contributed by atoms with E-state index >= 15 is 0 Å². The molecule has 3 N–H and O–H groups in total. The SMILES string of the molecule is CCC1COc2cc(N)ccc2N1. The van der Waals surface area contributed by atoms with Gasteiger partial charge in [0, 0.05) is 11.8 Å². The van der Waals surface area contributed by atoms with Gasteiger partial charge in [-0.15, -0.1) is 0 Å². The molecular formula is C10H14N2O. The first-order valence-electron chi connectivity index (χ1n) is 4.58. The molecule has 1 aliphatic heterocycles. The number of ether oxygens (including phenoxy) is 1. The zero-order valence-electron chi connectivity index (χ0n) is 7.71. The van der Waals surface area contributed by atoms with Gasteiger partial charge < -0.3 is 15.8 Å². The fraction of sp³-hybridized carbons (Fsp3) is 0.400. The maximum atomic E-state index is 5.64. The maximum Gasteiger partial charge on any atom is 0.144 e. The van der Waals surface area contributed by atoms with Crippen LogP contribution in [0.25, 0.3) is 0 Å². The molecule has 0 radical (unpaired) electrons. The highest BCUT2D eigenvalue weighted by Gasteiger charge is 2.16. The summed E-state index contributed by atoms with van der Waals surface area (Å²) < 4.78 is 5.57. The van der Waals surface area contributed by atoms with Gasteiger partial charge in [-0.25, -0.2) is 0 Å². The standard InChI is InChI=1S/C10H14N2O/c1-2-8-6-13-10-5-7(11)3-4-9(10)12-8/h3-5,8,12H,2,6,11H2,1H3. The Balaban J connectivity index is 2.26. The molecule has 0 spiro atoms. The summed E-state index contributed by atoms with van der Waals surface area (Å²) in [7, 11) is 0. The Hall–Kier alpha value is -1.38. The monoisotopic (exact) mass is 178 g/mol. The van der Waals surface area contributed by atoms with Crippen LogP contribution in [0.15, 0.2) is 18.2 Å². The van der Waals surface area contributed by atoms with E-state index in [1.807, 2.05) is 18.2 Å². The third kappa shape index (κ3) is 1.54. The van der Waals surface area contributed by atoms with Crippen LogP contribution in [0.5, 0.6) is 5.75 Å². The molecule has 3 nitrogen and oxygen atoms in total. The molecule has 1 aromatic carbocycles. The second kappa shape index (κ2) is 3.17. The first kappa shape index (κ1) is 8.23. The largest absolute Gasteiger partial charge is 0.489 e. The quantitative estimate of drug-likeness (QED) is 0.645. The number of hydrogen-bond donors (Lipinski definition) is 2. The smallest absolute Gasteiger partial charge is 0.144 e. The molecule has 0 aromatic heterocycles. The molecule has 1 unspecified atom stereocenters. The van der Waals surface area contributed by atoms with Gasteiger partial charge in [0.2, 0.25) is 0 Å². The van der Waals surface area contributed by atoms with Crippen LogP contribution in [-0.4, -0.2) is 12.6 Å². The second-order valence-electron chi connectivity index (χ2n) is 3.32. The minimum Gasteiger partial charge on any atom is -0.489 e. The van der Waals surface area contributed by atoms with Gasteiger partial charge in [0.1, 0.15) is 12.4 Å². The predicted octanol–water partition coefficient (Wildman–Crippen LogP) is 1.85. The topological polar surface area (TPSA) is 47.3 Å². The number of nitrogens with one attached hydrogen (secondary N) is 1. The molecule has 70 valence electrons. The van der Waals surface area contributed by atoms with Gasteiger partial charge in [-0.1, -0.05) is 6.92 Å². The van der Waals surface area contributed by atoms with E-state index in [1.165, 1.54) is 0 Å². The molecular weight excluding hydrogens is 164 g/mol. The molecule has 13 heavy (non-hydrogen) atoms. The number of rotatable bonds is 1. The lowest BCUT2D eigenvalue weighted by molar-refractivity contribution is 0.282. The first-order chi connectivity index (χ1) is 6.29. The third-order valence-electron chi connectivity index (χ3n) is 2.30. The summed E-state index contributed by atoms with van der Waals surface area (Å²) in [5, 5.41) is 3.39. The average Bonchev–Trinajstić information content (AvgIpc) is 2.17. The van der Waals surface area contributed by atoms with Crippen LogP contribution in [0.3, 0.4) is 0 Å². The molecule has 0 aliphatic carbocycles. The number of fused-ring (bicyclic) bond motifs is 1. The fourth-order valence-corrected chi connectivity index (χ4v) is 1.45. The minimum absolute atomic E-state index is 0.427. The van der Waals surface area contributed by atoms with Gasteiger partial charge in [-0.2, -0.15) is 0 Å². The Morgan fingerprint density at radius 3 is 3.23 bits per heavy atom. The lowest BCUT2D eigenvalue weighted by atomic mass is 10.1. The first-order valence-corrected chi connectivity index (χ1v) is 4.58. The van der Waals surface area contributed by atoms with Gasteiger partial charge in [-0.05, 0) is 18.6 Å². The predicted molar refractivity (Wildman–Crippen MR) is 54.1 cm³/mol. The van der Waals surface area contributed by atoms with Crippen molar-refractivity contribution in [2.45, 2.75) is 19.4 Å². The maximum absolute atomic E-state index is 5.64. The van der Waals surface area contributed by atoms with Crippen molar-refractivity contribution in [2.24, 2.45) is 0 Å². The van der Waals surface area contributed by atoms with E-state index in [0.717, 1.165) is 30.2 Å². The normalized spacial score (nSPS) is 19.9. The lowest BCUT2D eigenvalue weighted by Crippen LogP contribution is -2.30. The number of anilines is 2. The van der Waals surface area contributed by atoms with E-state index in [-0.39, 0.29) is 0 Å². The molecule has 3 heteroatoms. The summed E-state index contributed by atoms with van der Waals surface area (Å²) in [6, 6.07) is 6.13. The van der Waals surface area contributed by atoms with Crippen LogP contribution >= 0.6 is 0 Å². The fourth-order valence-electron chi connectivity index (χ4n) is 1.45. The van der Waals surface area contributed by atoms with E-state index in [0.29, 0.717) is 6.04 Å². The van der Waals surface area contributed by atoms with Crippen molar-refractivity contribution in [3.8, 4) is 5.75 Å². The highest BCUT2D eigenvalue weighted by atomic mass is 16.5. The van der Waals surface area contributed by atoms with Gasteiger partial charge in [-0.3, -0.25) is 0 Å². The third-order valence-corrected chi connectivity index (χ3v) is 2.30. The highest BCUT2D eigenvalue weighted by molar-refractivity contribution is 5.63. The molecule has 1 aliphatic rings. The number of hydrogen-bond acceptors (Lipinski definition) is 3. The Kier molecular flexibility index (Phi) is 2.00. The van der Waals surface area contributed by atoms with E-state index in [4.69, 9.17) is 10.5 Å². The van der Waals surface area contributed by atoms with Crippen LogP contribution in [0.2, 0.25) is 0 Å². The summed E-state index contributed by atoms with van der Waals surface area (Å²) in [5.74, 6) is 0.865. The molecule has 2 rings (SSSR count). The van der Waals surface area contributed by atoms with Crippen molar-refractivity contribution >= 4 is 11.4 Å². The van der Waals surface area contributed by atoms with Gasteiger partial charge in [0.25, 0.3) is 0 Å². The summed E-state index contributed by atoms with van der Waals surface area (Å²) in [5.41, 5.74) is 7.44. The van der Waals surface area contributed by atoms with Gasteiger partial charge >= 0.3 is 0 Å². The summed E-state index contributed by atoms with van der Waals surface area (Å²) in [6.45, 7) is 2.87. The van der Waals surface area contributed by atoms with Crippen molar-refractivity contribution in [3.63, 3.8) is 0 Å². The number of nitrogen functional groups attached to an aromatic ring is 1. The van der Waals surface area contributed by atoms with Crippen LogP contribution in [0, 0.1) is 0 Å². The molecule has 1 heterocycles. The van der Waals surface area contributed by atoms with Crippen molar-refractivity contribution in [1.29, 1.82) is 0 Å². The van der Waals surface area contributed by atoms with E-state index in [1.54, 1.807) is 0 Å². The molecule has 0 saturated carbocycles. The van der Waals surface area contributed by atoms with Crippen LogP contribution < -0.4 is 15.8 Å². The molecule has 0 bridgehead atoms. The van der Waals surface area contributed by atoms with Crippen molar-refractivity contribution in [1.82, 2.24) is 0 Å². The zero-order valence-corrected chi connectivity index (χ0v) is 7.71. The van der Waals surface area contributed by atoms with Crippen LogP contribution in [0.1, 0.15) is 13.3 Å². The molecule has 0 amide bonds. The molecule has 1 atom stereocenters. The van der Waals surface area contributed by atoms with Crippen LogP contribution in [0.4, 0.5) is 11.4 Å².